The van der Waals surface area contributed by atoms with Gasteiger partial charge in [-0.1, -0.05) is 31.2 Å². The molecule has 3 aromatic heterocycles. The number of carbonyl (C=O) groups excluding carboxylic acids is 1. The first kappa shape index (κ1) is 19.2. The number of amides is 1. The molecule has 0 saturated carbocycles. The minimum atomic E-state index is -0.173. The van der Waals surface area contributed by atoms with E-state index in [1.165, 1.54) is 27.3 Å². The van der Waals surface area contributed by atoms with Crippen LogP contribution in [0.2, 0.25) is 0 Å². The van der Waals surface area contributed by atoms with Crippen LogP contribution in [0.1, 0.15) is 56.8 Å². The Labute approximate surface area is 183 Å². The summed E-state index contributed by atoms with van der Waals surface area (Å²) in [7, 11) is 0. The first-order valence-corrected chi connectivity index (χ1v) is 11.9. The second kappa shape index (κ2) is 7.81. The van der Waals surface area contributed by atoms with E-state index >= 15 is 0 Å². The minimum absolute atomic E-state index is 0.173. The van der Waals surface area contributed by atoms with Crippen LogP contribution in [0.3, 0.4) is 0 Å². The number of fused-ring (bicyclic) bond motifs is 2. The number of aromatic nitrogens is 3. The van der Waals surface area contributed by atoms with Gasteiger partial charge in [-0.05, 0) is 55.4 Å². The molecule has 1 amide bonds. The molecule has 0 aliphatic heterocycles. The van der Waals surface area contributed by atoms with Crippen LogP contribution in [0.15, 0.2) is 29.8 Å². The van der Waals surface area contributed by atoms with Gasteiger partial charge in [0.15, 0.2) is 10.1 Å². The lowest BCUT2D eigenvalue weighted by Crippen LogP contribution is -2.15. The molecule has 0 unspecified atom stereocenters. The van der Waals surface area contributed by atoms with Crippen LogP contribution in [0.25, 0.3) is 17.1 Å². The summed E-state index contributed by atoms with van der Waals surface area (Å²) in [5, 5.41) is 5.63. The molecular weight excluding hydrogens is 412 g/mol. The van der Waals surface area contributed by atoms with Crippen molar-refractivity contribution in [3.05, 3.63) is 68.4 Å². The number of carbonyl (C=O) groups is 1. The molecule has 152 valence electrons. The molecule has 5 rings (SSSR count). The largest absolute Gasteiger partial charge is 0.296 e. The van der Waals surface area contributed by atoms with Gasteiger partial charge in [0.1, 0.15) is 5.69 Å². The van der Waals surface area contributed by atoms with Crippen molar-refractivity contribution in [1.29, 1.82) is 0 Å². The molecule has 0 radical (unpaired) electrons. The molecule has 0 fully saturated rings. The molecule has 1 aliphatic carbocycles. The number of nitrogens with zero attached hydrogens (tertiary/aromatic N) is 3. The smallest absolute Gasteiger partial charge is 0.276 e. The number of nitrogens with one attached hydrogen (secondary N) is 1. The van der Waals surface area contributed by atoms with E-state index in [9.17, 15) is 4.79 Å². The Hall–Kier alpha value is -2.77. The average molecular weight is 435 g/mol. The average Bonchev–Trinajstić information content (AvgIpc) is 3.46. The summed E-state index contributed by atoms with van der Waals surface area (Å²) in [6, 6.07) is 6.31. The predicted octanol–water partition coefficient (Wildman–Crippen LogP) is 5.63. The molecule has 0 bridgehead atoms. The van der Waals surface area contributed by atoms with Gasteiger partial charge in [0.25, 0.3) is 5.91 Å². The van der Waals surface area contributed by atoms with E-state index in [0.717, 1.165) is 41.9 Å². The van der Waals surface area contributed by atoms with Crippen LogP contribution in [-0.2, 0) is 19.3 Å². The van der Waals surface area contributed by atoms with Gasteiger partial charge in [-0.2, -0.15) is 0 Å². The van der Waals surface area contributed by atoms with E-state index in [1.807, 2.05) is 22.1 Å². The normalized spacial score (nSPS) is 13.4. The second-order valence-electron chi connectivity index (χ2n) is 7.43. The maximum Gasteiger partial charge on any atom is 0.276 e. The summed E-state index contributed by atoms with van der Waals surface area (Å²) >= 11 is 3.11. The highest BCUT2D eigenvalue weighted by atomic mass is 32.1. The molecule has 4 aromatic rings. The number of hydrogen-bond donors (Lipinski definition) is 1. The van der Waals surface area contributed by atoms with Crippen LogP contribution in [-0.4, -0.2) is 20.3 Å². The lowest BCUT2D eigenvalue weighted by atomic mass is 9.99. The Morgan fingerprint density at radius 3 is 3.00 bits per heavy atom. The molecule has 3 heterocycles. The third-order valence-electron chi connectivity index (χ3n) is 5.54. The fourth-order valence-electron chi connectivity index (χ4n) is 4.08. The van der Waals surface area contributed by atoms with Crippen molar-refractivity contribution >= 4 is 50.8 Å². The number of imidazole rings is 1. The minimum Gasteiger partial charge on any atom is -0.296 e. The van der Waals surface area contributed by atoms with E-state index in [-0.39, 0.29) is 5.91 Å². The Morgan fingerprint density at radius 2 is 2.17 bits per heavy atom. The van der Waals surface area contributed by atoms with E-state index in [0.29, 0.717) is 16.5 Å². The maximum atomic E-state index is 13.2. The van der Waals surface area contributed by atoms with Gasteiger partial charge in [0, 0.05) is 16.5 Å². The quantitative estimate of drug-likeness (QED) is 0.442. The fraction of sp³-hybridized carbons (Fsp3) is 0.261. The highest BCUT2D eigenvalue weighted by molar-refractivity contribution is 7.16. The van der Waals surface area contributed by atoms with E-state index in [1.54, 1.807) is 11.3 Å². The Morgan fingerprint density at radius 1 is 1.27 bits per heavy atom. The van der Waals surface area contributed by atoms with Crippen molar-refractivity contribution in [3.63, 3.8) is 0 Å². The van der Waals surface area contributed by atoms with Crippen molar-refractivity contribution < 1.29 is 4.79 Å². The van der Waals surface area contributed by atoms with Crippen molar-refractivity contribution in [1.82, 2.24) is 14.4 Å². The monoisotopic (exact) mass is 434 g/mol. The highest BCUT2D eigenvalue weighted by Crippen LogP contribution is 2.31. The summed E-state index contributed by atoms with van der Waals surface area (Å²) in [5.74, 6) is -0.173. The number of hydrogen-bond acceptors (Lipinski definition) is 5. The molecule has 1 N–H and O–H groups in total. The predicted molar refractivity (Wildman–Crippen MR) is 125 cm³/mol. The number of aryl methyl sites for hydroxylation is 3. The third-order valence-corrected chi connectivity index (χ3v) is 7.37. The highest BCUT2D eigenvalue weighted by Gasteiger charge is 2.22. The molecule has 0 atom stereocenters. The summed E-state index contributed by atoms with van der Waals surface area (Å²) in [4.78, 5) is 24.6. The van der Waals surface area contributed by atoms with Gasteiger partial charge in [0.2, 0.25) is 0 Å². The molecule has 0 spiro atoms. The Bertz CT molecular complexity index is 1260. The van der Waals surface area contributed by atoms with Gasteiger partial charge >= 0.3 is 0 Å². The molecule has 1 aromatic carbocycles. The zero-order valence-electron chi connectivity index (χ0n) is 16.9. The van der Waals surface area contributed by atoms with E-state index < -0.39 is 0 Å². The SMILES string of the molecule is CCc1c(C)cccc1C=Cc1nc2sccn2c1C(=O)Nc1nc2c(s1)CCC2. The van der Waals surface area contributed by atoms with Crippen molar-refractivity contribution in [2.75, 3.05) is 5.32 Å². The molecule has 1 aliphatic rings. The van der Waals surface area contributed by atoms with Crippen LogP contribution < -0.4 is 5.32 Å². The van der Waals surface area contributed by atoms with E-state index in [4.69, 9.17) is 4.98 Å². The molecule has 30 heavy (non-hydrogen) atoms. The summed E-state index contributed by atoms with van der Waals surface area (Å²) in [5.41, 5.74) is 6.11. The van der Waals surface area contributed by atoms with Crippen molar-refractivity contribution in [2.24, 2.45) is 0 Å². The fourth-order valence-corrected chi connectivity index (χ4v) is 5.84. The van der Waals surface area contributed by atoms with Crippen LogP contribution >= 0.6 is 22.7 Å². The zero-order valence-corrected chi connectivity index (χ0v) is 18.6. The van der Waals surface area contributed by atoms with Gasteiger partial charge in [-0.3, -0.25) is 14.5 Å². The van der Waals surface area contributed by atoms with Crippen LogP contribution in [0, 0.1) is 6.92 Å². The third kappa shape index (κ3) is 3.38. The van der Waals surface area contributed by atoms with Gasteiger partial charge < -0.3 is 0 Å². The van der Waals surface area contributed by atoms with Crippen molar-refractivity contribution in [2.45, 2.75) is 39.5 Å². The summed E-state index contributed by atoms with van der Waals surface area (Å²) in [6.45, 7) is 4.30. The van der Waals surface area contributed by atoms with Gasteiger partial charge in [0.05, 0.1) is 11.4 Å². The molecule has 7 heteroatoms. The van der Waals surface area contributed by atoms with E-state index in [2.05, 4.69) is 48.4 Å². The lowest BCUT2D eigenvalue weighted by molar-refractivity contribution is 0.102. The first-order chi connectivity index (χ1) is 14.6. The standard InChI is InChI=1S/C23H22N4OS2/c1-3-16-14(2)6-4-7-15(16)10-11-18-20(27-12-13-29-23(27)25-18)21(28)26-22-24-17-8-5-9-19(17)30-22/h4,6-7,10-13H,3,5,8-9H2,1-2H3,(H,24,26,28). The van der Waals surface area contributed by atoms with Gasteiger partial charge in [-0.25, -0.2) is 9.97 Å². The summed E-state index contributed by atoms with van der Waals surface area (Å²) in [6.07, 6.45) is 10.1. The first-order valence-electron chi connectivity index (χ1n) is 10.2. The Kier molecular flexibility index (Phi) is 5.00. The number of anilines is 1. The van der Waals surface area contributed by atoms with Crippen molar-refractivity contribution in [3.8, 4) is 0 Å². The molecule has 0 saturated heterocycles. The number of benzene rings is 1. The zero-order chi connectivity index (χ0) is 20.7. The van der Waals surface area contributed by atoms with Crippen LogP contribution in [0.4, 0.5) is 5.13 Å². The van der Waals surface area contributed by atoms with Crippen LogP contribution in [0.5, 0.6) is 0 Å². The summed E-state index contributed by atoms with van der Waals surface area (Å²) < 4.78 is 1.86. The lowest BCUT2D eigenvalue weighted by Gasteiger charge is -2.07. The Balaban J connectivity index is 1.49. The second-order valence-corrected chi connectivity index (χ2v) is 9.38. The molecular formula is C23H22N4OS2. The number of thiazole rings is 2. The topological polar surface area (TPSA) is 59.3 Å². The van der Waals surface area contributed by atoms with Gasteiger partial charge in [-0.15, -0.1) is 22.7 Å². The molecule has 5 nitrogen and oxygen atoms in total. The maximum absolute atomic E-state index is 13.2. The number of rotatable bonds is 5.